The highest BCUT2D eigenvalue weighted by Gasteiger charge is 2.47. The van der Waals surface area contributed by atoms with Gasteiger partial charge in [-0.25, -0.2) is 0 Å². The molecule has 10 aromatic carbocycles. The molecule has 1 aliphatic rings. The summed E-state index contributed by atoms with van der Waals surface area (Å²) in [6.07, 6.45) is 0. The number of para-hydroxylation sites is 4. The molecular weight excluding hydrogens is 785 g/mol. The van der Waals surface area contributed by atoms with Crippen molar-refractivity contribution in [2.75, 3.05) is 0 Å². The van der Waals surface area contributed by atoms with E-state index in [9.17, 15) is 0 Å². The largest absolute Gasteiger partial charge is 0.309 e. The Morgan fingerprint density at radius 2 is 0.806 bits per heavy atom. The summed E-state index contributed by atoms with van der Waals surface area (Å²) in [6.45, 7) is 0. The molecule has 13 rings (SSSR count). The van der Waals surface area contributed by atoms with Crippen LogP contribution in [-0.2, 0) is 0 Å². The zero-order chi connectivity index (χ0) is 40.8. The Morgan fingerprint density at radius 3 is 1.40 bits per heavy atom. The van der Waals surface area contributed by atoms with Crippen LogP contribution in [-0.4, -0.2) is 17.2 Å². The number of hydrogen-bond acceptors (Lipinski definition) is 1. The Morgan fingerprint density at radius 1 is 0.339 bits per heavy atom. The molecular formula is C58H38N2SSi. The summed E-state index contributed by atoms with van der Waals surface area (Å²) in [5.41, 5.74) is 9.73. The summed E-state index contributed by atoms with van der Waals surface area (Å²) in [5.74, 6) is 0. The molecule has 0 radical (unpaired) electrons. The lowest BCUT2D eigenvalue weighted by atomic mass is 10.1. The van der Waals surface area contributed by atoms with Gasteiger partial charge in [-0.3, -0.25) is 0 Å². The van der Waals surface area contributed by atoms with E-state index in [0.29, 0.717) is 0 Å². The summed E-state index contributed by atoms with van der Waals surface area (Å²) in [6, 6.07) is 86.3. The number of nitrogens with zero attached hydrogens (tertiary/aromatic N) is 2. The van der Waals surface area contributed by atoms with E-state index >= 15 is 0 Å². The highest BCUT2D eigenvalue weighted by molar-refractivity contribution is 8.00. The fraction of sp³-hybridized carbons (Fsp3) is 0. The third-order valence-electron chi connectivity index (χ3n) is 13.3. The van der Waals surface area contributed by atoms with Crippen LogP contribution in [0.3, 0.4) is 0 Å². The maximum Gasteiger partial charge on any atom is 0.181 e. The molecule has 1 unspecified atom stereocenters. The van der Waals surface area contributed by atoms with E-state index in [1.54, 1.807) is 0 Å². The molecule has 0 amide bonds. The minimum atomic E-state index is -2.92. The normalized spacial score (nSPS) is 14.8. The number of rotatable bonds is 5. The van der Waals surface area contributed by atoms with E-state index in [1.165, 1.54) is 102 Å². The molecule has 2 aromatic heterocycles. The third kappa shape index (κ3) is 5.11. The van der Waals surface area contributed by atoms with Crippen molar-refractivity contribution >= 4 is 95.0 Å². The van der Waals surface area contributed by atoms with Crippen LogP contribution in [0.5, 0.6) is 0 Å². The van der Waals surface area contributed by atoms with Crippen molar-refractivity contribution in [3.8, 4) is 22.5 Å². The standard InChI is InChI=1S/C58H38N2SSi/c1-2-15-41-38-45(35-30-39(41)14-1)62(44-36-33-43(34-37-44)60-53-23-9-5-18-49(53)50-19-6-10-24-54(50)60)56-26-12-11-25-55(56)61-58-46(20-13-27-57(58)62)40-28-31-42(32-29-40)59-51-21-7-3-16-47(51)48-17-4-8-22-52(48)59/h1-38H. The monoisotopic (exact) mass is 822 g/mol. The van der Waals surface area contributed by atoms with Gasteiger partial charge in [0.1, 0.15) is 0 Å². The molecule has 290 valence electrons. The highest BCUT2D eigenvalue weighted by Crippen LogP contribution is 2.41. The molecule has 0 aliphatic carbocycles. The molecule has 1 aliphatic heterocycles. The second-order valence-electron chi connectivity index (χ2n) is 16.4. The first-order chi connectivity index (χ1) is 30.8. The lowest BCUT2D eigenvalue weighted by Gasteiger charge is -2.40. The van der Waals surface area contributed by atoms with Gasteiger partial charge in [-0.05, 0) is 97.2 Å². The average Bonchev–Trinajstić information content (AvgIpc) is 3.86. The Bertz CT molecular complexity index is 3620. The van der Waals surface area contributed by atoms with Crippen molar-refractivity contribution in [1.82, 2.24) is 9.13 Å². The molecule has 4 heteroatoms. The first-order valence-electron chi connectivity index (χ1n) is 21.3. The van der Waals surface area contributed by atoms with Gasteiger partial charge >= 0.3 is 0 Å². The van der Waals surface area contributed by atoms with Crippen LogP contribution in [0, 0.1) is 0 Å². The van der Waals surface area contributed by atoms with Crippen LogP contribution in [0.25, 0.3) is 76.9 Å². The van der Waals surface area contributed by atoms with Gasteiger partial charge in [0.2, 0.25) is 0 Å². The molecule has 0 N–H and O–H groups in total. The minimum Gasteiger partial charge on any atom is -0.309 e. The topological polar surface area (TPSA) is 9.86 Å². The predicted octanol–water partition coefficient (Wildman–Crippen LogP) is 12.5. The van der Waals surface area contributed by atoms with Crippen molar-refractivity contribution in [1.29, 1.82) is 0 Å². The predicted molar refractivity (Wildman–Crippen MR) is 266 cm³/mol. The minimum absolute atomic E-state index is 1.16. The Labute approximate surface area is 365 Å². The molecule has 1 atom stereocenters. The SMILES string of the molecule is c1ccc2c(c1)Sc1c(-c3ccc(-n4c5ccccc5c5ccccc54)cc3)cccc1[Si]2(c1ccc(-n2c3ccccc3c3ccccc32)cc1)c1ccc2ccccc2c1. The maximum atomic E-state index is 2.49. The van der Waals surface area contributed by atoms with E-state index in [1.807, 2.05) is 11.8 Å². The van der Waals surface area contributed by atoms with Crippen LogP contribution in [0.4, 0.5) is 0 Å². The van der Waals surface area contributed by atoms with Crippen molar-refractivity contribution in [2.45, 2.75) is 9.79 Å². The first kappa shape index (κ1) is 35.4. The molecule has 3 heterocycles. The fourth-order valence-electron chi connectivity index (χ4n) is 10.6. The van der Waals surface area contributed by atoms with Gasteiger partial charge in [0, 0.05) is 42.7 Å². The van der Waals surface area contributed by atoms with Crippen LogP contribution < -0.4 is 20.7 Å². The average molecular weight is 823 g/mol. The number of aromatic nitrogens is 2. The first-order valence-corrected chi connectivity index (χ1v) is 24.2. The van der Waals surface area contributed by atoms with Crippen molar-refractivity contribution in [3.05, 3.63) is 231 Å². The quantitative estimate of drug-likeness (QED) is 0.157. The third-order valence-corrected chi connectivity index (χ3v) is 19.7. The van der Waals surface area contributed by atoms with E-state index in [-0.39, 0.29) is 0 Å². The Balaban J connectivity index is 1.03. The van der Waals surface area contributed by atoms with Gasteiger partial charge in [0.25, 0.3) is 0 Å². The fourth-order valence-corrected chi connectivity index (χ4v) is 17.7. The zero-order valence-corrected chi connectivity index (χ0v) is 35.6. The van der Waals surface area contributed by atoms with Gasteiger partial charge in [0.15, 0.2) is 8.07 Å². The Hall–Kier alpha value is -7.37. The molecule has 0 saturated heterocycles. The summed E-state index contributed by atoms with van der Waals surface area (Å²) in [7, 11) is -2.92. The molecule has 62 heavy (non-hydrogen) atoms. The van der Waals surface area contributed by atoms with E-state index in [4.69, 9.17) is 0 Å². The van der Waals surface area contributed by atoms with Gasteiger partial charge < -0.3 is 9.13 Å². The van der Waals surface area contributed by atoms with Crippen LogP contribution in [0.1, 0.15) is 0 Å². The summed E-state index contributed by atoms with van der Waals surface area (Å²) in [5, 5.41) is 13.3. The zero-order valence-electron chi connectivity index (χ0n) is 33.7. The second-order valence-corrected chi connectivity index (χ2v) is 21.2. The summed E-state index contributed by atoms with van der Waals surface area (Å²) < 4.78 is 4.83. The van der Waals surface area contributed by atoms with Gasteiger partial charge in [-0.1, -0.05) is 188 Å². The molecule has 12 aromatic rings. The maximum absolute atomic E-state index is 2.92. The number of benzene rings is 10. The van der Waals surface area contributed by atoms with Crippen molar-refractivity contribution in [2.24, 2.45) is 0 Å². The van der Waals surface area contributed by atoms with Crippen molar-refractivity contribution in [3.63, 3.8) is 0 Å². The summed E-state index contributed by atoms with van der Waals surface area (Å²) >= 11 is 1.93. The number of fused-ring (bicyclic) bond motifs is 9. The van der Waals surface area contributed by atoms with Crippen LogP contribution >= 0.6 is 11.8 Å². The number of hydrogen-bond donors (Lipinski definition) is 0. The van der Waals surface area contributed by atoms with Gasteiger partial charge in [-0.2, -0.15) is 0 Å². The summed E-state index contributed by atoms with van der Waals surface area (Å²) in [4.78, 5) is 2.68. The van der Waals surface area contributed by atoms with E-state index in [2.05, 4.69) is 240 Å². The molecule has 0 spiro atoms. The molecule has 0 bridgehead atoms. The van der Waals surface area contributed by atoms with Gasteiger partial charge in [0.05, 0.1) is 22.1 Å². The highest BCUT2D eigenvalue weighted by atomic mass is 32.2. The Kier molecular flexibility index (Phi) is 7.89. The lowest BCUT2D eigenvalue weighted by molar-refractivity contribution is 1.18. The van der Waals surface area contributed by atoms with Gasteiger partial charge in [-0.15, -0.1) is 0 Å². The second kappa shape index (κ2) is 13.8. The smallest absolute Gasteiger partial charge is 0.181 e. The lowest BCUT2D eigenvalue weighted by Crippen LogP contribution is -2.76. The van der Waals surface area contributed by atoms with Crippen LogP contribution in [0.2, 0.25) is 0 Å². The van der Waals surface area contributed by atoms with E-state index < -0.39 is 8.07 Å². The van der Waals surface area contributed by atoms with Crippen molar-refractivity contribution < 1.29 is 0 Å². The molecule has 0 saturated carbocycles. The molecule has 2 nitrogen and oxygen atoms in total. The van der Waals surface area contributed by atoms with E-state index in [0.717, 1.165) is 5.69 Å². The molecule has 0 fully saturated rings. The van der Waals surface area contributed by atoms with Crippen LogP contribution in [0.15, 0.2) is 240 Å².